The Balaban J connectivity index is 2.05. The van der Waals surface area contributed by atoms with E-state index in [1.54, 1.807) is 0 Å². The monoisotopic (exact) mass is 344 g/mol. The summed E-state index contributed by atoms with van der Waals surface area (Å²) in [6, 6.07) is 10.5. The van der Waals surface area contributed by atoms with Crippen LogP contribution in [0.4, 0.5) is 0 Å². The van der Waals surface area contributed by atoms with Gasteiger partial charge >= 0.3 is 0 Å². The SMILES string of the molecule is C=C(CC(C)(C)C)NCCC(C=O)NCCCCCc1ccccc1. The lowest BCUT2D eigenvalue weighted by atomic mass is 9.91. The molecule has 0 heterocycles. The highest BCUT2D eigenvalue weighted by Gasteiger charge is 2.12. The van der Waals surface area contributed by atoms with Crippen LogP contribution in [0.5, 0.6) is 0 Å². The van der Waals surface area contributed by atoms with Crippen LogP contribution in [0.15, 0.2) is 42.6 Å². The predicted octanol–water partition coefficient (Wildman–Crippen LogP) is 4.49. The van der Waals surface area contributed by atoms with E-state index >= 15 is 0 Å². The lowest BCUT2D eigenvalue weighted by molar-refractivity contribution is -0.109. The number of nitrogens with one attached hydrogen (secondary N) is 2. The second-order valence-electron chi connectivity index (χ2n) is 8.05. The number of hydrogen-bond donors (Lipinski definition) is 2. The molecule has 25 heavy (non-hydrogen) atoms. The molecule has 0 aromatic heterocycles. The van der Waals surface area contributed by atoms with E-state index in [2.05, 4.69) is 68.3 Å². The molecule has 1 aromatic rings. The van der Waals surface area contributed by atoms with E-state index in [1.807, 2.05) is 0 Å². The van der Waals surface area contributed by atoms with Gasteiger partial charge in [0.25, 0.3) is 0 Å². The molecular formula is C22H36N2O. The number of unbranched alkanes of at least 4 members (excludes halogenated alkanes) is 2. The van der Waals surface area contributed by atoms with Gasteiger partial charge in [-0.25, -0.2) is 0 Å². The molecule has 0 bridgehead atoms. The molecule has 1 aromatic carbocycles. The summed E-state index contributed by atoms with van der Waals surface area (Å²) in [4.78, 5) is 11.2. The number of benzene rings is 1. The van der Waals surface area contributed by atoms with Crippen molar-refractivity contribution in [3.63, 3.8) is 0 Å². The molecular weight excluding hydrogens is 308 g/mol. The third kappa shape index (κ3) is 11.5. The fourth-order valence-corrected chi connectivity index (χ4v) is 2.89. The van der Waals surface area contributed by atoms with Gasteiger partial charge in [-0.05, 0) is 49.6 Å². The third-order valence-corrected chi connectivity index (χ3v) is 4.13. The van der Waals surface area contributed by atoms with Crippen molar-refractivity contribution in [2.75, 3.05) is 13.1 Å². The zero-order valence-corrected chi connectivity index (χ0v) is 16.3. The van der Waals surface area contributed by atoms with Crippen LogP contribution in [-0.4, -0.2) is 25.4 Å². The maximum atomic E-state index is 11.2. The minimum absolute atomic E-state index is 0.0657. The highest BCUT2D eigenvalue weighted by molar-refractivity contribution is 5.57. The molecule has 0 aliphatic rings. The molecule has 0 aliphatic heterocycles. The zero-order valence-electron chi connectivity index (χ0n) is 16.3. The van der Waals surface area contributed by atoms with Crippen molar-refractivity contribution in [2.45, 2.75) is 65.3 Å². The van der Waals surface area contributed by atoms with Crippen molar-refractivity contribution >= 4 is 6.29 Å². The van der Waals surface area contributed by atoms with E-state index in [0.717, 1.165) is 50.8 Å². The van der Waals surface area contributed by atoms with E-state index in [-0.39, 0.29) is 11.5 Å². The molecule has 0 aliphatic carbocycles. The summed E-state index contributed by atoms with van der Waals surface area (Å²) in [6.07, 6.45) is 7.42. The molecule has 1 atom stereocenters. The Labute approximate surface area is 154 Å². The maximum Gasteiger partial charge on any atom is 0.136 e. The highest BCUT2D eigenvalue weighted by atomic mass is 16.1. The van der Waals surface area contributed by atoms with Crippen LogP contribution in [0.2, 0.25) is 0 Å². The molecule has 1 rings (SSSR count). The van der Waals surface area contributed by atoms with Gasteiger partial charge in [0.1, 0.15) is 6.29 Å². The summed E-state index contributed by atoms with van der Waals surface area (Å²) in [5.74, 6) is 0. The number of aryl methyl sites for hydroxylation is 1. The summed E-state index contributed by atoms with van der Waals surface area (Å²) < 4.78 is 0. The second kappa shape index (κ2) is 11.9. The topological polar surface area (TPSA) is 41.1 Å². The molecule has 0 radical (unpaired) electrons. The molecule has 3 heteroatoms. The average molecular weight is 345 g/mol. The first-order chi connectivity index (χ1) is 11.9. The van der Waals surface area contributed by atoms with Crippen LogP contribution in [0.25, 0.3) is 0 Å². The third-order valence-electron chi connectivity index (χ3n) is 4.13. The van der Waals surface area contributed by atoms with E-state index in [0.29, 0.717) is 0 Å². The molecule has 3 nitrogen and oxygen atoms in total. The molecule has 0 spiro atoms. The minimum Gasteiger partial charge on any atom is -0.389 e. The van der Waals surface area contributed by atoms with Crippen molar-refractivity contribution in [1.29, 1.82) is 0 Å². The van der Waals surface area contributed by atoms with Crippen LogP contribution < -0.4 is 10.6 Å². The Hall–Kier alpha value is -1.61. The number of rotatable bonds is 13. The first kappa shape index (κ1) is 21.4. The Bertz CT molecular complexity index is 490. The molecule has 0 saturated carbocycles. The molecule has 2 N–H and O–H groups in total. The minimum atomic E-state index is -0.0657. The number of aldehydes is 1. The van der Waals surface area contributed by atoms with Crippen molar-refractivity contribution < 1.29 is 4.79 Å². The van der Waals surface area contributed by atoms with E-state index < -0.39 is 0 Å². The van der Waals surface area contributed by atoms with Gasteiger partial charge in [0, 0.05) is 12.2 Å². The number of carbonyl (C=O) groups excluding carboxylic acids is 1. The van der Waals surface area contributed by atoms with Crippen LogP contribution >= 0.6 is 0 Å². The van der Waals surface area contributed by atoms with E-state index in [4.69, 9.17) is 0 Å². The number of allylic oxidation sites excluding steroid dienone is 1. The first-order valence-electron chi connectivity index (χ1n) is 9.55. The van der Waals surface area contributed by atoms with Gasteiger partial charge < -0.3 is 15.4 Å². The smallest absolute Gasteiger partial charge is 0.136 e. The van der Waals surface area contributed by atoms with Gasteiger partial charge in [-0.3, -0.25) is 0 Å². The largest absolute Gasteiger partial charge is 0.389 e. The summed E-state index contributed by atoms with van der Waals surface area (Å²) in [7, 11) is 0. The van der Waals surface area contributed by atoms with Crippen LogP contribution in [-0.2, 0) is 11.2 Å². The Kier molecular flexibility index (Phi) is 10.2. The molecule has 0 fully saturated rings. The standard InChI is InChI=1S/C22H36N2O/c1-19(17-22(2,3)4)23-16-14-21(18-25)24-15-10-6-9-13-20-11-7-5-8-12-20/h5,7-8,11-12,18,21,23-24H,1,6,9-10,13-17H2,2-4H3. The van der Waals surface area contributed by atoms with Crippen LogP contribution in [0.3, 0.4) is 0 Å². The first-order valence-corrected chi connectivity index (χ1v) is 9.55. The van der Waals surface area contributed by atoms with Crippen molar-refractivity contribution in [1.82, 2.24) is 10.6 Å². The van der Waals surface area contributed by atoms with Crippen molar-refractivity contribution in [3.05, 3.63) is 48.2 Å². The van der Waals surface area contributed by atoms with Gasteiger partial charge in [0.05, 0.1) is 6.04 Å². The lowest BCUT2D eigenvalue weighted by Gasteiger charge is -2.21. The molecule has 1 unspecified atom stereocenters. The number of hydrogen-bond acceptors (Lipinski definition) is 3. The predicted molar refractivity (Wildman–Crippen MR) is 108 cm³/mol. The summed E-state index contributed by atoms with van der Waals surface area (Å²) in [5.41, 5.74) is 2.70. The molecule has 140 valence electrons. The summed E-state index contributed by atoms with van der Waals surface area (Å²) >= 11 is 0. The van der Waals surface area contributed by atoms with Crippen LogP contribution in [0, 0.1) is 5.41 Å². The Morgan fingerprint density at radius 2 is 1.84 bits per heavy atom. The van der Waals surface area contributed by atoms with Gasteiger partial charge in [0.15, 0.2) is 0 Å². The van der Waals surface area contributed by atoms with Gasteiger partial charge in [-0.1, -0.05) is 64.1 Å². The quantitative estimate of drug-likeness (QED) is 0.409. The molecule has 0 saturated heterocycles. The highest BCUT2D eigenvalue weighted by Crippen LogP contribution is 2.21. The van der Waals surface area contributed by atoms with Gasteiger partial charge in [0.2, 0.25) is 0 Å². The Morgan fingerprint density at radius 1 is 1.12 bits per heavy atom. The number of carbonyl (C=O) groups is 1. The fourth-order valence-electron chi connectivity index (χ4n) is 2.89. The van der Waals surface area contributed by atoms with Crippen molar-refractivity contribution in [2.24, 2.45) is 5.41 Å². The van der Waals surface area contributed by atoms with Crippen molar-refractivity contribution in [3.8, 4) is 0 Å². The lowest BCUT2D eigenvalue weighted by Crippen LogP contribution is -2.34. The van der Waals surface area contributed by atoms with Gasteiger partial charge in [-0.2, -0.15) is 0 Å². The van der Waals surface area contributed by atoms with Gasteiger partial charge in [-0.15, -0.1) is 0 Å². The normalized spacial score (nSPS) is 12.6. The summed E-state index contributed by atoms with van der Waals surface area (Å²) in [6.45, 7) is 12.4. The second-order valence-corrected chi connectivity index (χ2v) is 8.05. The summed E-state index contributed by atoms with van der Waals surface area (Å²) in [5, 5.41) is 6.69. The zero-order chi connectivity index (χ0) is 18.5. The fraction of sp³-hybridized carbons (Fsp3) is 0.591. The maximum absolute atomic E-state index is 11.2. The van der Waals surface area contributed by atoms with E-state index in [9.17, 15) is 4.79 Å². The average Bonchev–Trinajstić information content (AvgIpc) is 2.55. The van der Waals surface area contributed by atoms with E-state index in [1.165, 1.54) is 18.4 Å². The Morgan fingerprint density at radius 3 is 2.48 bits per heavy atom. The molecule has 0 amide bonds. The van der Waals surface area contributed by atoms with Crippen LogP contribution in [0.1, 0.15) is 58.4 Å².